The number of rotatable bonds is 2. The smallest absolute Gasteiger partial charge is 0.335 e. The summed E-state index contributed by atoms with van der Waals surface area (Å²) in [4.78, 5) is 10.8. The summed E-state index contributed by atoms with van der Waals surface area (Å²) in [5.41, 5.74) is 1.61. The van der Waals surface area contributed by atoms with Gasteiger partial charge in [0.25, 0.3) is 0 Å². The first kappa shape index (κ1) is 10.6. The van der Waals surface area contributed by atoms with Gasteiger partial charge in [-0.15, -0.1) is 0 Å². The summed E-state index contributed by atoms with van der Waals surface area (Å²) in [6.45, 7) is 5.57. The van der Waals surface area contributed by atoms with Gasteiger partial charge in [-0.3, -0.25) is 0 Å². The predicted octanol–water partition coefficient (Wildman–Crippen LogP) is 2.52. The van der Waals surface area contributed by atoms with Crippen LogP contribution in [0.1, 0.15) is 41.3 Å². The van der Waals surface area contributed by atoms with E-state index in [4.69, 9.17) is 5.11 Å². The summed E-state index contributed by atoms with van der Waals surface area (Å²) in [7, 11) is 0. The fourth-order valence-electron chi connectivity index (χ4n) is 1.67. The van der Waals surface area contributed by atoms with Crippen molar-refractivity contribution in [2.45, 2.75) is 26.7 Å². The van der Waals surface area contributed by atoms with E-state index in [2.05, 4.69) is 0 Å². The summed E-state index contributed by atoms with van der Waals surface area (Å²) in [5, 5.41) is 18.5. The average molecular weight is 194 g/mol. The Hall–Kier alpha value is -1.51. The first-order chi connectivity index (χ1) is 6.45. The van der Waals surface area contributed by atoms with Gasteiger partial charge in [-0.25, -0.2) is 4.79 Å². The number of carboxylic acid groups (broad SMARTS) is 1. The largest absolute Gasteiger partial charge is 0.508 e. The Morgan fingerprint density at radius 2 is 1.93 bits per heavy atom. The maximum absolute atomic E-state index is 10.8. The molecule has 1 rings (SSSR count). The highest BCUT2D eigenvalue weighted by atomic mass is 16.4. The molecule has 0 radical (unpaired) electrons. The number of hydrogen-bond acceptors (Lipinski definition) is 2. The van der Waals surface area contributed by atoms with Crippen molar-refractivity contribution in [2.75, 3.05) is 0 Å². The van der Waals surface area contributed by atoms with Gasteiger partial charge >= 0.3 is 5.97 Å². The molecule has 2 N–H and O–H groups in total. The van der Waals surface area contributed by atoms with Gasteiger partial charge in [0.2, 0.25) is 0 Å². The van der Waals surface area contributed by atoms with Crippen LogP contribution in [0.3, 0.4) is 0 Å². The second kappa shape index (κ2) is 3.70. The lowest BCUT2D eigenvalue weighted by Crippen LogP contribution is -2.03. The van der Waals surface area contributed by atoms with Crippen LogP contribution in [0.5, 0.6) is 5.75 Å². The molecule has 0 atom stereocenters. The fourth-order valence-corrected chi connectivity index (χ4v) is 1.67. The third kappa shape index (κ3) is 1.71. The quantitative estimate of drug-likeness (QED) is 0.760. The normalized spacial score (nSPS) is 10.6. The molecule has 0 heterocycles. The summed E-state index contributed by atoms with van der Waals surface area (Å²) in [6.07, 6.45) is 0. The molecule has 3 heteroatoms. The monoisotopic (exact) mass is 194 g/mol. The second-order valence-corrected chi connectivity index (χ2v) is 3.63. The number of hydrogen-bond donors (Lipinski definition) is 2. The van der Waals surface area contributed by atoms with Gasteiger partial charge in [-0.05, 0) is 30.5 Å². The maximum Gasteiger partial charge on any atom is 0.335 e. The number of aromatic hydroxyl groups is 1. The third-order valence-electron chi connectivity index (χ3n) is 2.30. The summed E-state index contributed by atoms with van der Waals surface area (Å²) < 4.78 is 0. The Morgan fingerprint density at radius 3 is 2.36 bits per heavy atom. The molecule has 0 bridgehead atoms. The van der Waals surface area contributed by atoms with Gasteiger partial charge in [0.05, 0.1) is 5.56 Å². The Balaban J connectivity index is 3.41. The van der Waals surface area contributed by atoms with E-state index in [9.17, 15) is 9.90 Å². The third-order valence-corrected chi connectivity index (χ3v) is 2.30. The molecule has 0 aliphatic heterocycles. The number of phenols is 1. The lowest BCUT2D eigenvalue weighted by Gasteiger charge is -2.13. The first-order valence-corrected chi connectivity index (χ1v) is 4.51. The van der Waals surface area contributed by atoms with Crippen molar-refractivity contribution in [2.24, 2.45) is 0 Å². The minimum atomic E-state index is -0.954. The number of aromatic carboxylic acids is 1. The minimum Gasteiger partial charge on any atom is -0.508 e. The van der Waals surface area contributed by atoms with Crippen LogP contribution in [-0.2, 0) is 0 Å². The van der Waals surface area contributed by atoms with E-state index in [1.807, 2.05) is 13.8 Å². The summed E-state index contributed by atoms with van der Waals surface area (Å²) in [5.74, 6) is -0.666. The SMILES string of the molecule is Cc1c(C(=O)O)ccc(O)c1C(C)C. The highest BCUT2D eigenvalue weighted by Crippen LogP contribution is 2.30. The zero-order valence-corrected chi connectivity index (χ0v) is 8.53. The Bertz CT molecular complexity index is 367. The molecule has 0 saturated carbocycles. The highest BCUT2D eigenvalue weighted by Gasteiger charge is 2.15. The van der Waals surface area contributed by atoms with E-state index in [-0.39, 0.29) is 17.2 Å². The lowest BCUT2D eigenvalue weighted by molar-refractivity contribution is 0.0696. The van der Waals surface area contributed by atoms with Crippen molar-refractivity contribution < 1.29 is 15.0 Å². The van der Waals surface area contributed by atoms with Gasteiger partial charge in [0, 0.05) is 5.56 Å². The van der Waals surface area contributed by atoms with E-state index in [1.54, 1.807) is 6.92 Å². The molecule has 3 nitrogen and oxygen atoms in total. The van der Waals surface area contributed by atoms with Crippen molar-refractivity contribution in [3.8, 4) is 5.75 Å². The van der Waals surface area contributed by atoms with Crippen LogP contribution in [-0.4, -0.2) is 16.2 Å². The summed E-state index contributed by atoms with van der Waals surface area (Å²) >= 11 is 0. The average Bonchev–Trinajstić information content (AvgIpc) is 2.02. The van der Waals surface area contributed by atoms with Gasteiger partial charge < -0.3 is 10.2 Å². The predicted molar refractivity (Wildman–Crippen MR) is 53.9 cm³/mol. The van der Waals surface area contributed by atoms with Crippen LogP contribution in [0.15, 0.2) is 12.1 Å². The second-order valence-electron chi connectivity index (χ2n) is 3.63. The van der Waals surface area contributed by atoms with Crippen molar-refractivity contribution >= 4 is 5.97 Å². The molecule has 1 aromatic rings. The van der Waals surface area contributed by atoms with E-state index in [0.29, 0.717) is 11.1 Å². The van der Waals surface area contributed by atoms with Crippen molar-refractivity contribution in [3.63, 3.8) is 0 Å². The first-order valence-electron chi connectivity index (χ1n) is 4.51. The van der Waals surface area contributed by atoms with Crippen molar-refractivity contribution in [1.29, 1.82) is 0 Å². The van der Waals surface area contributed by atoms with Crippen LogP contribution in [0, 0.1) is 6.92 Å². The molecule has 0 unspecified atom stereocenters. The Kier molecular flexibility index (Phi) is 2.79. The standard InChI is InChI=1S/C11H14O3/c1-6(2)10-7(3)8(11(13)14)4-5-9(10)12/h4-6,12H,1-3H3,(H,13,14). The maximum atomic E-state index is 10.8. The van der Waals surface area contributed by atoms with Gasteiger partial charge in [-0.2, -0.15) is 0 Å². The molecule has 0 spiro atoms. The fraction of sp³-hybridized carbons (Fsp3) is 0.364. The molecule has 0 saturated heterocycles. The van der Waals surface area contributed by atoms with Crippen molar-refractivity contribution in [3.05, 3.63) is 28.8 Å². The van der Waals surface area contributed by atoms with Crippen LogP contribution >= 0.6 is 0 Å². The lowest BCUT2D eigenvalue weighted by atomic mass is 9.93. The van der Waals surface area contributed by atoms with Crippen LogP contribution in [0.4, 0.5) is 0 Å². The molecule has 0 fully saturated rings. The molecule has 1 aromatic carbocycles. The highest BCUT2D eigenvalue weighted by molar-refractivity contribution is 5.90. The van der Waals surface area contributed by atoms with E-state index in [0.717, 1.165) is 0 Å². The molecular formula is C11H14O3. The number of phenolic OH excluding ortho intramolecular Hbond substituents is 1. The van der Waals surface area contributed by atoms with E-state index < -0.39 is 5.97 Å². The minimum absolute atomic E-state index is 0.120. The number of carbonyl (C=O) groups is 1. The molecule has 0 aliphatic rings. The molecule has 0 aromatic heterocycles. The summed E-state index contributed by atoms with van der Waals surface area (Å²) in [6, 6.07) is 2.87. The van der Waals surface area contributed by atoms with Crippen LogP contribution < -0.4 is 0 Å². The Morgan fingerprint density at radius 1 is 1.36 bits per heavy atom. The number of carboxylic acids is 1. The zero-order chi connectivity index (χ0) is 10.9. The van der Waals surface area contributed by atoms with Gasteiger partial charge in [0.1, 0.15) is 5.75 Å². The van der Waals surface area contributed by atoms with E-state index in [1.165, 1.54) is 12.1 Å². The molecule has 0 amide bonds. The van der Waals surface area contributed by atoms with Gasteiger partial charge in [0.15, 0.2) is 0 Å². The number of benzene rings is 1. The molecule has 76 valence electrons. The topological polar surface area (TPSA) is 57.5 Å². The zero-order valence-electron chi connectivity index (χ0n) is 8.53. The Labute approximate surface area is 83.0 Å². The van der Waals surface area contributed by atoms with Gasteiger partial charge in [-0.1, -0.05) is 13.8 Å². The van der Waals surface area contributed by atoms with Crippen LogP contribution in [0.25, 0.3) is 0 Å². The van der Waals surface area contributed by atoms with Crippen LogP contribution in [0.2, 0.25) is 0 Å². The molecular weight excluding hydrogens is 180 g/mol. The van der Waals surface area contributed by atoms with E-state index >= 15 is 0 Å². The molecule has 0 aliphatic carbocycles. The molecule has 14 heavy (non-hydrogen) atoms. The van der Waals surface area contributed by atoms with Crippen molar-refractivity contribution in [1.82, 2.24) is 0 Å².